The van der Waals surface area contributed by atoms with Crippen molar-refractivity contribution in [3.63, 3.8) is 0 Å². The molecule has 2 aromatic rings. The van der Waals surface area contributed by atoms with E-state index in [4.69, 9.17) is 4.74 Å². The summed E-state index contributed by atoms with van der Waals surface area (Å²) in [6.07, 6.45) is 2.81. The van der Waals surface area contributed by atoms with Crippen LogP contribution in [0.3, 0.4) is 0 Å². The van der Waals surface area contributed by atoms with Crippen LogP contribution in [-0.4, -0.2) is 18.4 Å². The monoisotopic (exact) mass is 456 g/mol. The minimum atomic E-state index is -0.548. The van der Waals surface area contributed by atoms with Crippen LogP contribution in [0, 0.1) is 16.7 Å². The van der Waals surface area contributed by atoms with E-state index >= 15 is 0 Å². The summed E-state index contributed by atoms with van der Waals surface area (Å²) in [4.78, 5) is 27.5. The summed E-state index contributed by atoms with van der Waals surface area (Å²) < 4.78 is 5.68. The molecule has 0 spiro atoms. The highest BCUT2D eigenvalue weighted by atomic mass is 32.1. The maximum absolute atomic E-state index is 13.5. The maximum atomic E-state index is 13.5. The molecule has 174 valence electrons. The van der Waals surface area contributed by atoms with E-state index in [1.807, 2.05) is 52.0 Å². The predicted molar refractivity (Wildman–Crippen MR) is 133 cm³/mol. The van der Waals surface area contributed by atoms with Gasteiger partial charge in [-0.2, -0.15) is 0 Å². The third-order valence-electron chi connectivity index (χ3n) is 6.06. The highest BCUT2D eigenvalue weighted by Gasteiger charge is 2.35. The van der Waals surface area contributed by atoms with E-state index in [-0.39, 0.29) is 17.2 Å². The molecule has 1 aliphatic carbocycles. The Balaban J connectivity index is 1.99. The molecule has 2 amide bonds. The molecule has 3 rings (SSSR count). The zero-order valence-corrected chi connectivity index (χ0v) is 21.2. The summed E-state index contributed by atoms with van der Waals surface area (Å²) in [7, 11) is 0. The minimum absolute atomic E-state index is 0.0905. The highest BCUT2D eigenvalue weighted by Crippen LogP contribution is 2.45. The van der Waals surface area contributed by atoms with Gasteiger partial charge in [-0.25, -0.2) is 0 Å². The van der Waals surface area contributed by atoms with Crippen LogP contribution >= 0.6 is 11.3 Å². The Labute approximate surface area is 195 Å². The van der Waals surface area contributed by atoms with Crippen LogP contribution in [0.5, 0.6) is 5.75 Å². The third-order valence-corrected chi connectivity index (χ3v) is 7.23. The second kappa shape index (κ2) is 9.26. The number of carbonyl (C=O) groups excluding carboxylic acids is 2. The average Bonchev–Trinajstić information content (AvgIpc) is 3.05. The summed E-state index contributed by atoms with van der Waals surface area (Å²) >= 11 is 1.56. The molecule has 1 aromatic carbocycles. The molecule has 5 nitrogen and oxygen atoms in total. The van der Waals surface area contributed by atoms with Crippen molar-refractivity contribution in [1.29, 1.82) is 0 Å². The first-order chi connectivity index (χ1) is 14.9. The van der Waals surface area contributed by atoms with Crippen LogP contribution in [0.25, 0.3) is 0 Å². The topological polar surface area (TPSA) is 67.4 Å². The second-order valence-electron chi connectivity index (χ2n) is 10.6. The fourth-order valence-corrected chi connectivity index (χ4v) is 5.30. The van der Waals surface area contributed by atoms with Gasteiger partial charge in [-0.1, -0.05) is 53.7 Å². The number of carbonyl (C=O) groups is 2. The van der Waals surface area contributed by atoms with Gasteiger partial charge >= 0.3 is 0 Å². The molecular weight excluding hydrogens is 420 g/mol. The number of hydrogen-bond donors (Lipinski definition) is 2. The molecule has 1 aliphatic rings. The van der Waals surface area contributed by atoms with E-state index in [1.54, 1.807) is 11.3 Å². The number of hydrogen-bond acceptors (Lipinski definition) is 4. The molecule has 0 radical (unpaired) electrons. The molecule has 1 aromatic heterocycles. The van der Waals surface area contributed by atoms with E-state index < -0.39 is 5.41 Å². The van der Waals surface area contributed by atoms with E-state index in [0.29, 0.717) is 34.5 Å². The number of rotatable bonds is 5. The van der Waals surface area contributed by atoms with Gasteiger partial charge in [-0.15, -0.1) is 11.3 Å². The van der Waals surface area contributed by atoms with Crippen molar-refractivity contribution in [2.24, 2.45) is 16.7 Å². The van der Waals surface area contributed by atoms with Gasteiger partial charge in [0.1, 0.15) is 10.8 Å². The van der Waals surface area contributed by atoms with Crippen molar-refractivity contribution < 1.29 is 14.3 Å². The number of fused-ring (bicyclic) bond motifs is 1. The molecule has 0 fully saturated rings. The van der Waals surface area contributed by atoms with Gasteiger partial charge in [-0.05, 0) is 55.2 Å². The molecule has 32 heavy (non-hydrogen) atoms. The fraction of sp³-hybridized carbons (Fsp3) is 0.538. The number of nitrogens with one attached hydrogen (secondary N) is 2. The van der Waals surface area contributed by atoms with E-state index in [0.717, 1.165) is 24.8 Å². The number of benzene rings is 1. The lowest BCUT2D eigenvalue weighted by atomic mass is 9.72. The Hall–Kier alpha value is -2.34. The zero-order valence-electron chi connectivity index (χ0n) is 20.3. The van der Waals surface area contributed by atoms with Crippen LogP contribution in [0.15, 0.2) is 24.3 Å². The van der Waals surface area contributed by atoms with Crippen molar-refractivity contribution in [3.05, 3.63) is 40.3 Å². The number of ether oxygens (including phenoxy) is 1. The molecule has 2 N–H and O–H groups in total. The Kier molecular flexibility index (Phi) is 7.03. The first kappa shape index (κ1) is 24.3. The number of thiophene rings is 1. The lowest BCUT2D eigenvalue weighted by Gasteiger charge is -2.33. The van der Waals surface area contributed by atoms with Gasteiger partial charge < -0.3 is 15.4 Å². The van der Waals surface area contributed by atoms with E-state index in [1.165, 1.54) is 4.88 Å². The van der Waals surface area contributed by atoms with Crippen molar-refractivity contribution >= 4 is 33.8 Å². The Bertz CT molecular complexity index is 995. The van der Waals surface area contributed by atoms with Crippen molar-refractivity contribution in [3.8, 4) is 5.75 Å². The van der Waals surface area contributed by atoms with Gasteiger partial charge in [0.05, 0.1) is 17.9 Å². The van der Waals surface area contributed by atoms with Crippen molar-refractivity contribution in [1.82, 2.24) is 0 Å². The first-order valence-corrected chi connectivity index (χ1v) is 12.2. The Morgan fingerprint density at radius 3 is 2.41 bits per heavy atom. The minimum Gasteiger partial charge on any atom is -0.492 e. The molecule has 6 heteroatoms. The van der Waals surface area contributed by atoms with Gasteiger partial charge in [0, 0.05) is 10.3 Å². The van der Waals surface area contributed by atoms with E-state index in [9.17, 15) is 9.59 Å². The lowest BCUT2D eigenvalue weighted by molar-refractivity contribution is -0.123. The van der Waals surface area contributed by atoms with Gasteiger partial charge in [-0.3, -0.25) is 9.59 Å². The number of para-hydroxylation sites is 2. The summed E-state index contributed by atoms with van der Waals surface area (Å²) in [6.45, 7) is 14.9. The summed E-state index contributed by atoms with van der Waals surface area (Å²) in [6, 6.07) is 7.44. The van der Waals surface area contributed by atoms with Crippen molar-refractivity contribution in [2.45, 2.75) is 67.7 Å². The molecule has 0 saturated heterocycles. The van der Waals surface area contributed by atoms with Crippen LogP contribution in [0.2, 0.25) is 0 Å². The second-order valence-corrected chi connectivity index (χ2v) is 11.7. The standard InChI is InChI=1S/C26H36N2O3S/c1-8-31-19-12-10-9-11-18(19)27-22(29)21-17-14-13-16(25(2,3)4)15-20(17)32-23(21)28-24(30)26(5,6)7/h9-12,16H,8,13-15H2,1-7H3,(H,27,29)(H,28,30). The third kappa shape index (κ3) is 5.34. The largest absolute Gasteiger partial charge is 0.492 e. The van der Waals surface area contributed by atoms with Gasteiger partial charge in [0.15, 0.2) is 0 Å². The van der Waals surface area contributed by atoms with Crippen molar-refractivity contribution in [2.75, 3.05) is 17.2 Å². The molecule has 0 saturated carbocycles. The zero-order chi connectivity index (χ0) is 23.7. The Morgan fingerprint density at radius 2 is 1.78 bits per heavy atom. The molecule has 1 unspecified atom stereocenters. The quantitative estimate of drug-likeness (QED) is 0.537. The van der Waals surface area contributed by atoms with Crippen LogP contribution in [0.1, 0.15) is 75.7 Å². The molecule has 0 aliphatic heterocycles. The lowest BCUT2D eigenvalue weighted by Crippen LogP contribution is -2.29. The highest BCUT2D eigenvalue weighted by molar-refractivity contribution is 7.17. The summed E-state index contributed by atoms with van der Waals surface area (Å²) in [5, 5.41) is 6.74. The smallest absolute Gasteiger partial charge is 0.259 e. The Morgan fingerprint density at radius 1 is 1.09 bits per heavy atom. The maximum Gasteiger partial charge on any atom is 0.259 e. The molecule has 1 atom stereocenters. The SMILES string of the molecule is CCOc1ccccc1NC(=O)c1c(NC(=O)C(C)(C)C)sc2c1CCC(C(C)(C)C)C2. The molecular formula is C26H36N2O3S. The van der Waals surface area contributed by atoms with Crippen LogP contribution in [-0.2, 0) is 17.6 Å². The number of amides is 2. The van der Waals surface area contributed by atoms with Gasteiger partial charge in [0.2, 0.25) is 5.91 Å². The van der Waals surface area contributed by atoms with E-state index in [2.05, 4.69) is 31.4 Å². The molecule has 1 heterocycles. The molecule has 0 bridgehead atoms. The number of anilines is 2. The van der Waals surface area contributed by atoms with Gasteiger partial charge in [0.25, 0.3) is 5.91 Å². The normalized spacial score (nSPS) is 16.3. The summed E-state index contributed by atoms with van der Waals surface area (Å²) in [5.41, 5.74) is 1.96. The summed E-state index contributed by atoms with van der Waals surface area (Å²) in [5.74, 6) is 0.898. The van der Waals surface area contributed by atoms with Crippen LogP contribution in [0.4, 0.5) is 10.7 Å². The predicted octanol–water partition coefficient (Wildman–Crippen LogP) is 6.53. The first-order valence-electron chi connectivity index (χ1n) is 11.4. The van der Waals surface area contributed by atoms with Crippen LogP contribution < -0.4 is 15.4 Å². The fourth-order valence-electron chi connectivity index (χ4n) is 3.98. The average molecular weight is 457 g/mol.